The van der Waals surface area contributed by atoms with Gasteiger partial charge in [-0.25, -0.2) is 4.98 Å². The Bertz CT molecular complexity index is 3100. The third kappa shape index (κ3) is 4.60. The van der Waals surface area contributed by atoms with E-state index in [1.165, 1.54) is 38.6 Å². The van der Waals surface area contributed by atoms with Crippen LogP contribution in [0.15, 0.2) is 179 Å². The molecule has 0 spiro atoms. The number of hydrogen-bond donors (Lipinski definition) is 0. The second-order valence-corrected chi connectivity index (χ2v) is 14.8. The van der Waals surface area contributed by atoms with Crippen molar-refractivity contribution in [3.05, 3.63) is 181 Å². The maximum atomic E-state index is 6.64. The van der Waals surface area contributed by atoms with Gasteiger partial charge >= 0.3 is 0 Å². The Morgan fingerprint density at radius 3 is 2.13 bits per heavy atom. The van der Waals surface area contributed by atoms with Crippen LogP contribution < -0.4 is 4.90 Å². The minimum atomic E-state index is -0.149. The first-order chi connectivity index (χ1) is 26.5. The zero-order valence-electron chi connectivity index (χ0n) is 29.9. The van der Waals surface area contributed by atoms with Crippen LogP contribution in [0.4, 0.5) is 17.1 Å². The SMILES string of the molecule is CC1(C)c2ccccc2-c2c(N(c3cccc(-c4ccc5ccccc5c4)c3)c3cccc4oc5cc6oc(-c7ccccc7)nc6cc5c34)cccc21. The first-order valence-corrected chi connectivity index (χ1v) is 18.5. The van der Waals surface area contributed by atoms with Gasteiger partial charge in [0.25, 0.3) is 0 Å². The van der Waals surface area contributed by atoms with Crippen LogP contribution in [-0.2, 0) is 5.41 Å². The van der Waals surface area contributed by atoms with E-state index in [-0.39, 0.29) is 5.41 Å². The highest BCUT2D eigenvalue weighted by Crippen LogP contribution is 2.55. The fraction of sp³-hybridized carbons (Fsp3) is 0.0600. The van der Waals surface area contributed by atoms with Crippen LogP contribution in [0.2, 0.25) is 0 Å². The predicted octanol–water partition coefficient (Wildman–Crippen LogP) is 14.0. The molecular formula is C50H34N2O2. The molecule has 0 bridgehead atoms. The van der Waals surface area contributed by atoms with Crippen molar-refractivity contribution in [1.82, 2.24) is 4.98 Å². The molecule has 2 heterocycles. The molecule has 4 nitrogen and oxygen atoms in total. The highest BCUT2D eigenvalue weighted by atomic mass is 16.4. The summed E-state index contributed by atoms with van der Waals surface area (Å²) in [5.41, 5.74) is 14.6. The molecule has 0 unspecified atom stereocenters. The lowest BCUT2D eigenvalue weighted by atomic mass is 9.82. The average Bonchev–Trinajstić information content (AvgIpc) is 3.87. The summed E-state index contributed by atoms with van der Waals surface area (Å²) in [6.45, 7) is 4.67. The summed E-state index contributed by atoms with van der Waals surface area (Å²) in [4.78, 5) is 7.38. The summed E-state index contributed by atoms with van der Waals surface area (Å²) in [5, 5.41) is 4.47. The first-order valence-electron chi connectivity index (χ1n) is 18.5. The van der Waals surface area contributed by atoms with E-state index in [4.69, 9.17) is 13.8 Å². The van der Waals surface area contributed by atoms with Gasteiger partial charge < -0.3 is 13.7 Å². The lowest BCUT2D eigenvalue weighted by Gasteiger charge is -2.29. The average molecular weight is 695 g/mol. The molecule has 0 radical (unpaired) electrons. The first kappa shape index (κ1) is 30.7. The number of anilines is 3. The van der Waals surface area contributed by atoms with Gasteiger partial charge in [0.05, 0.1) is 16.8 Å². The molecule has 10 aromatic rings. The molecule has 4 heteroatoms. The Balaban J connectivity index is 1.17. The molecule has 0 amide bonds. The predicted molar refractivity (Wildman–Crippen MR) is 222 cm³/mol. The molecule has 2 aromatic heterocycles. The summed E-state index contributed by atoms with van der Waals surface area (Å²) < 4.78 is 12.9. The van der Waals surface area contributed by atoms with Crippen molar-refractivity contribution in [2.45, 2.75) is 19.3 Å². The van der Waals surface area contributed by atoms with Gasteiger partial charge in [-0.1, -0.05) is 123 Å². The highest BCUT2D eigenvalue weighted by Gasteiger charge is 2.38. The summed E-state index contributed by atoms with van der Waals surface area (Å²) in [5.74, 6) is 0.594. The van der Waals surface area contributed by atoms with Crippen LogP contribution in [0.1, 0.15) is 25.0 Å². The third-order valence-electron chi connectivity index (χ3n) is 11.3. The van der Waals surface area contributed by atoms with Crippen molar-refractivity contribution < 1.29 is 8.83 Å². The number of aromatic nitrogens is 1. The monoisotopic (exact) mass is 694 g/mol. The third-order valence-corrected chi connectivity index (χ3v) is 11.3. The number of benzene rings is 8. The van der Waals surface area contributed by atoms with E-state index >= 15 is 0 Å². The number of oxazole rings is 1. The number of fused-ring (bicyclic) bond motifs is 8. The second-order valence-electron chi connectivity index (χ2n) is 14.8. The van der Waals surface area contributed by atoms with Gasteiger partial charge in [0.2, 0.25) is 5.89 Å². The maximum Gasteiger partial charge on any atom is 0.227 e. The van der Waals surface area contributed by atoms with Crippen molar-refractivity contribution in [1.29, 1.82) is 0 Å². The quantitative estimate of drug-likeness (QED) is 0.180. The molecule has 54 heavy (non-hydrogen) atoms. The largest absolute Gasteiger partial charge is 0.456 e. The molecule has 0 saturated heterocycles. The normalized spacial score (nSPS) is 13.1. The molecular weight excluding hydrogens is 661 g/mol. The molecule has 1 aliphatic rings. The molecule has 8 aromatic carbocycles. The Hall–Kier alpha value is -6.91. The van der Waals surface area contributed by atoms with Gasteiger partial charge in [-0.3, -0.25) is 0 Å². The fourth-order valence-electron chi connectivity index (χ4n) is 8.64. The van der Waals surface area contributed by atoms with E-state index in [2.05, 4.69) is 152 Å². The van der Waals surface area contributed by atoms with Crippen LogP contribution in [0.5, 0.6) is 0 Å². The summed E-state index contributed by atoms with van der Waals surface area (Å²) >= 11 is 0. The zero-order chi connectivity index (χ0) is 36.0. The standard InChI is InChI=1S/C50H34N2O2/c1-50(2)39-20-9-8-19-37(39)47-40(50)21-11-22-42(47)52(36-18-10-17-34(28-36)35-26-25-31-13-6-7-16-33(31)27-35)43-23-12-24-44-48(43)38-29-41-46(30-45(38)53-44)54-49(51-41)32-14-4-3-5-15-32/h3-30H,1-2H3. The Morgan fingerprint density at radius 2 is 1.22 bits per heavy atom. The van der Waals surface area contributed by atoms with Gasteiger partial charge in [-0.2, -0.15) is 0 Å². The van der Waals surface area contributed by atoms with Gasteiger partial charge in [0.1, 0.15) is 16.7 Å². The molecule has 1 aliphatic carbocycles. The molecule has 0 atom stereocenters. The number of rotatable bonds is 5. The summed E-state index contributed by atoms with van der Waals surface area (Å²) in [7, 11) is 0. The number of furan rings is 1. The van der Waals surface area contributed by atoms with E-state index in [0.717, 1.165) is 55.6 Å². The van der Waals surface area contributed by atoms with Crippen molar-refractivity contribution >= 4 is 60.9 Å². The Labute approximate surface area is 312 Å². The molecule has 0 fully saturated rings. The number of hydrogen-bond acceptors (Lipinski definition) is 4. The van der Waals surface area contributed by atoms with E-state index in [1.54, 1.807) is 0 Å². The Morgan fingerprint density at radius 1 is 0.500 bits per heavy atom. The topological polar surface area (TPSA) is 42.4 Å². The van der Waals surface area contributed by atoms with Gasteiger partial charge in [-0.05, 0) is 93.2 Å². The second kappa shape index (κ2) is 11.5. The van der Waals surface area contributed by atoms with E-state index in [9.17, 15) is 0 Å². The Kier molecular flexibility index (Phi) is 6.56. The maximum absolute atomic E-state index is 6.64. The lowest BCUT2D eigenvalue weighted by molar-refractivity contribution is 0.617. The highest BCUT2D eigenvalue weighted by molar-refractivity contribution is 6.16. The van der Waals surface area contributed by atoms with Crippen molar-refractivity contribution in [2.75, 3.05) is 4.90 Å². The molecule has 0 saturated carbocycles. The van der Waals surface area contributed by atoms with E-state index in [0.29, 0.717) is 11.5 Å². The smallest absolute Gasteiger partial charge is 0.227 e. The zero-order valence-corrected chi connectivity index (χ0v) is 29.9. The van der Waals surface area contributed by atoms with Crippen molar-refractivity contribution in [3.63, 3.8) is 0 Å². The minimum absolute atomic E-state index is 0.149. The van der Waals surface area contributed by atoms with Crippen molar-refractivity contribution in [2.24, 2.45) is 0 Å². The summed E-state index contributed by atoms with van der Waals surface area (Å²) in [6, 6.07) is 60.3. The minimum Gasteiger partial charge on any atom is -0.456 e. The van der Waals surface area contributed by atoms with Crippen LogP contribution in [0.3, 0.4) is 0 Å². The van der Waals surface area contributed by atoms with Crippen LogP contribution >= 0.6 is 0 Å². The van der Waals surface area contributed by atoms with Gasteiger partial charge in [0.15, 0.2) is 5.58 Å². The lowest BCUT2D eigenvalue weighted by Crippen LogP contribution is -2.16. The van der Waals surface area contributed by atoms with Crippen molar-refractivity contribution in [3.8, 4) is 33.7 Å². The van der Waals surface area contributed by atoms with Crippen LogP contribution in [0, 0.1) is 0 Å². The fourth-order valence-corrected chi connectivity index (χ4v) is 8.64. The van der Waals surface area contributed by atoms with E-state index in [1.807, 2.05) is 36.4 Å². The van der Waals surface area contributed by atoms with Crippen LogP contribution in [0.25, 0.3) is 77.5 Å². The molecule has 0 aliphatic heterocycles. The molecule has 0 N–H and O–H groups in total. The molecule has 11 rings (SSSR count). The summed E-state index contributed by atoms with van der Waals surface area (Å²) in [6.07, 6.45) is 0. The molecule has 256 valence electrons. The van der Waals surface area contributed by atoms with Crippen LogP contribution in [-0.4, -0.2) is 4.98 Å². The van der Waals surface area contributed by atoms with Gasteiger partial charge in [0, 0.05) is 33.7 Å². The number of nitrogens with zero attached hydrogens (tertiary/aromatic N) is 2. The van der Waals surface area contributed by atoms with E-state index < -0.39 is 0 Å². The van der Waals surface area contributed by atoms with Gasteiger partial charge in [-0.15, -0.1) is 0 Å².